The summed E-state index contributed by atoms with van der Waals surface area (Å²) in [6, 6.07) is 5.68. The predicted molar refractivity (Wildman–Crippen MR) is 99.1 cm³/mol. The largest absolute Gasteiger partial charge is 0.342 e. The maximum Gasteiger partial charge on any atom is 0.258 e. The summed E-state index contributed by atoms with van der Waals surface area (Å²) in [5.74, 6) is -0.282. The van der Waals surface area contributed by atoms with Crippen LogP contribution in [-0.4, -0.2) is 28.5 Å². The summed E-state index contributed by atoms with van der Waals surface area (Å²) in [6.07, 6.45) is 3.24. The highest BCUT2D eigenvalue weighted by Crippen LogP contribution is 2.18. The monoisotopic (exact) mass is 358 g/mol. The van der Waals surface area contributed by atoms with E-state index < -0.39 is 5.82 Å². The van der Waals surface area contributed by atoms with Gasteiger partial charge in [0.05, 0.1) is 0 Å². The van der Waals surface area contributed by atoms with Gasteiger partial charge in [-0.2, -0.15) is 0 Å². The fourth-order valence-electron chi connectivity index (χ4n) is 3.13. The maximum absolute atomic E-state index is 13.3. The highest BCUT2D eigenvalue weighted by atomic mass is 19.1. The Kier molecular flexibility index (Phi) is 5.35. The van der Waals surface area contributed by atoms with Crippen molar-refractivity contribution in [3.8, 4) is 0 Å². The topological polar surface area (TPSA) is 67.2 Å². The number of benzene rings is 1. The minimum Gasteiger partial charge on any atom is -0.342 e. The molecule has 138 valence electrons. The van der Waals surface area contributed by atoms with Crippen LogP contribution in [0.3, 0.4) is 0 Å². The SMILES string of the molecule is Cc1nc(N2CCCCC2)n(CC(=O)Nc2cccc(F)c2)c(=O)c1C. The second-order valence-electron chi connectivity index (χ2n) is 6.62. The molecule has 1 N–H and O–H groups in total. The minimum atomic E-state index is -0.429. The van der Waals surface area contributed by atoms with Crippen molar-refractivity contribution < 1.29 is 9.18 Å². The van der Waals surface area contributed by atoms with Crippen molar-refractivity contribution in [2.24, 2.45) is 0 Å². The van der Waals surface area contributed by atoms with E-state index in [1.807, 2.05) is 0 Å². The Morgan fingerprint density at radius 1 is 1.23 bits per heavy atom. The molecule has 26 heavy (non-hydrogen) atoms. The first-order valence-electron chi connectivity index (χ1n) is 8.84. The fourth-order valence-corrected chi connectivity index (χ4v) is 3.13. The quantitative estimate of drug-likeness (QED) is 0.912. The van der Waals surface area contributed by atoms with Crippen molar-refractivity contribution in [2.75, 3.05) is 23.3 Å². The number of hydrogen-bond donors (Lipinski definition) is 1. The van der Waals surface area contributed by atoms with Gasteiger partial charge in [0.2, 0.25) is 11.9 Å². The van der Waals surface area contributed by atoms with Crippen molar-refractivity contribution >= 4 is 17.5 Å². The molecule has 2 aromatic rings. The fraction of sp³-hybridized carbons (Fsp3) is 0.421. The lowest BCUT2D eigenvalue weighted by Crippen LogP contribution is -2.39. The Hall–Kier alpha value is -2.70. The summed E-state index contributed by atoms with van der Waals surface area (Å²) in [5.41, 5.74) is 1.36. The van der Waals surface area contributed by atoms with Gasteiger partial charge in [-0.15, -0.1) is 0 Å². The van der Waals surface area contributed by atoms with Gasteiger partial charge in [-0.25, -0.2) is 9.37 Å². The van der Waals surface area contributed by atoms with Gasteiger partial charge in [-0.1, -0.05) is 6.07 Å². The first kappa shape index (κ1) is 18.1. The highest BCUT2D eigenvalue weighted by molar-refractivity contribution is 5.90. The summed E-state index contributed by atoms with van der Waals surface area (Å²) >= 11 is 0. The van der Waals surface area contributed by atoms with Crippen molar-refractivity contribution in [3.05, 3.63) is 51.7 Å². The number of rotatable bonds is 4. The molecule has 1 amide bonds. The molecular formula is C19H23FN4O2. The molecule has 1 saturated heterocycles. The number of carbonyl (C=O) groups is 1. The molecule has 0 radical (unpaired) electrons. The normalized spacial score (nSPS) is 14.3. The third-order valence-corrected chi connectivity index (χ3v) is 4.67. The lowest BCUT2D eigenvalue weighted by molar-refractivity contribution is -0.116. The number of aromatic nitrogens is 2. The molecule has 2 heterocycles. The zero-order valence-electron chi connectivity index (χ0n) is 15.1. The molecule has 0 unspecified atom stereocenters. The number of nitrogens with one attached hydrogen (secondary N) is 1. The maximum atomic E-state index is 13.3. The molecule has 6 nitrogen and oxygen atoms in total. The van der Waals surface area contributed by atoms with Gasteiger partial charge in [0.1, 0.15) is 12.4 Å². The van der Waals surface area contributed by atoms with E-state index in [1.165, 1.54) is 22.8 Å². The Bertz CT molecular complexity index is 872. The van der Waals surface area contributed by atoms with Gasteiger partial charge in [0.15, 0.2) is 0 Å². The van der Waals surface area contributed by atoms with Crippen molar-refractivity contribution in [1.29, 1.82) is 0 Å². The first-order chi connectivity index (χ1) is 12.5. The number of piperidine rings is 1. The predicted octanol–water partition coefficient (Wildman–Crippen LogP) is 2.63. The van der Waals surface area contributed by atoms with E-state index in [0.29, 0.717) is 22.9 Å². The number of anilines is 2. The third-order valence-electron chi connectivity index (χ3n) is 4.67. The van der Waals surface area contributed by atoms with Crippen LogP contribution in [0.5, 0.6) is 0 Å². The molecule has 0 saturated carbocycles. The molecule has 7 heteroatoms. The summed E-state index contributed by atoms with van der Waals surface area (Å²) in [6.45, 7) is 5.00. The number of aryl methyl sites for hydroxylation is 1. The van der Waals surface area contributed by atoms with Crippen LogP contribution in [-0.2, 0) is 11.3 Å². The number of carbonyl (C=O) groups excluding carboxylic acids is 1. The second kappa shape index (κ2) is 7.68. The molecule has 0 atom stereocenters. The van der Waals surface area contributed by atoms with Gasteiger partial charge in [-0.3, -0.25) is 14.2 Å². The van der Waals surface area contributed by atoms with E-state index in [2.05, 4.69) is 15.2 Å². The van der Waals surface area contributed by atoms with Crippen molar-refractivity contribution in [1.82, 2.24) is 9.55 Å². The molecule has 0 spiro atoms. The summed E-state index contributed by atoms with van der Waals surface area (Å²) in [4.78, 5) is 31.8. The van der Waals surface area contributed by atoms with Gasteiger partial charge in [-0.05, 0) is 51.3 Å². The van der Waals surface area contributed by atoms with Gasteiger partial charge in [0, 0.05) is 30.0 Å². The van der Waals surface area contributed by atoms with E-state index in [9.17, 15) is 14.0 Å². The smallest absolute Gasteiger partial charge is 0.258 e. The lowest BCUT2D eigenvalue weighted by Gasteiger charge is -2.30. The van der Waals surface area contributed by atoms with Crippen LogP contribution in [0.2, 0.25) is 0 Å². The molecule has 1 aliphatic heterocycles. The molecular weight excluding hydrogens is 335 g/mol. The standard InChI is InChI=1S/C19H23FN4O2/c1-13-14(2)21-19(23-9-4-3-5-10-23)24(18(13)26)12-17(25)22-16-8-6-7-15(20)11-16/h6-8,11H,3-5,9-10,12H2,1-2H3,(H,22,25). The summed E-state index contributed by atoms with van der Waals surface area (Å²) in [5, 5.41) is 2.64. The zero-order chi connectivity index (χ0) is 18.7. The molecule has 0 bridgehead atoms. The zero-order valence-corrected chi connectivity index (χ0v) is 15.1. The van der Waals surface area contributed by atoms with Crippen LogP contribution in [0, 0.1) is 19.7 Å². The Morgan fingerprint density at radius 2 is 1.96 bits per heavy atom. The number of amides is 1. The van der Waals surface area contributed by atoms with E-state index >= 15 is 0 Å². The highest BCUT2D eigenvalue weighted by Gasteiger charge is 2.20. The molecule has 1 aliphatic rings. The van der Waals surface area contributed by atoms with Crippen molar-refractivity contribution in [3.63, 3.8) is 0 Å². The van der Waals surface area contributed by atoms with E-state index in [0.717, 1.165) is 32.4 Å². The molecule has 1 aromatic heterocycles. The molecule has 0 aliphatic carbocycles. The van der Waals surface area contributed by atoms with Crippen LogP contribution in [0.4, 0.5) is 16.0 Å². The van der Waals surface area contributed by atoms with Crippen LogP contribution >= 0.6 is 0 Å². The minimum absolute atomic E-state index is 0.157. The van der Waals surface area contributed by atoms with Gasteiger partial charge >= 0.3 is 0 Å². The van der Waals surface area contributed by atoms with Crippen LogP contribution in [0.15, 0.2) is 29.1 Å². The van der Waals surface area contributed by atoms with Crippen LogP contribution in [0.25, 0.3) is 0 Å². The molecule has 1 fully saturated rings. The number of halogens is 1. The average molecular weight is 358 g/mol. The Morgan fingerprint density at radius 3 is 2.65 bits per heavy atom. The molecule has 1 aromatic carbocycles. The van der Waals surface area contributed by atoms with Crippen LogP contribution in [0.1, 0.15) is 30.5 Å². The van der Waals surface area contributed by atoms with E-state index in [4.69, 9.17) is 0 Å². The van der Waals surface area contributed by atoms with Gasteiger partial charge < -0.3 is 10.2 Å². The summed E-state index contributed by atoms with van der Waals surface area (Å²) in [7, 11) is 0. The third kappa shape index (κ3) is 3.92. The number of hydrogen-bond acceptors (Lipinski definition) is 4. The average Bonchev–Trinajstić information content (AvgIpc) is 2.63. The Balaban J connectivity index is 1.89. The second-order valence-corrected chi connectivity index (χ2v) is 6.62. The van der Waals surface area contributed by atoms with Crippen molar-refractivity contribution in [2.45, 2.75) is 39.7 Å². The lowest BCUT2D eigenvalue weighted by atomic mass is 10.1. The van der Waals surface area contributed by atoms with E-state index in [1.54, 1.807) is 19.9 Å². The summed E-state index contributed by atoms with van der Waals surface area (Å²) < 4.78 is 14.7. The molecule has 3 rings (SSSR count). The van der Waals surface area contributed by atoms with Crippen LogP contribution < -0.4 is 15.8 Å². The van der Waals surface area contributed by atoms with E-state index in [-0.39, 0.29) is 18.0 Å². The van der Waals surface area contributed by atoms with Gasteiger partial charge in [0.25, 0.3) is 5.56 Å². The first-order valence-corrected chi connectivity index (χ1v) is 8.84. The Labute approximate surface area is 151 Å². The number of nitrogens with zero attached hydrogens (tertiary/aromatic N) is 3.